The van der Waals surface area contributed by atoms with E-state index in [1.165, 1.54) is 67.2 Å². The van der Waals surface area contributed by atoms with Gasteiger partial charge in [-0.3, -0.25) is 0 Å². The third-order valence-corrected chi connectivity index (χ3v) is 6.17. The van der Waals surface area contributed by atoms with Gasteiger partial charge in [0.05, 0.1) is 6.61 Å². The standard InChI is InChI=1S/C27H36O/c1-3-5-22-6-8-23(9-7-22)10-11-24-12-16-26(17-13-24)27-18-14-25(15-19-27)21-28-20-4-2/h3,12-19,22-23H,1,4-11,20-21H2,2H3. The van der Waals surface area contributed by atoms with E-state index in [1.807, 2.05) is 0 Å². The molecule has 1 aliphatic rings. The predicted molar refractivity (Wildman–Crippen MR) is 120 cm³/mol. The summed E-state index contributed by atoms with van der Waals surface area (Å²) in [5, 5.41) is 0. The van der Waals surface area contributed by atoms with Gasteiger partial charge in [-0.25, -0.2) is 0 Å². The van der Waals surface area contributed by atoms with Crippen LogP contribution in [0.4, 0.5) is 0 Å². The summed E-state index contributed by atoms with van der Waals surface area (Å²) in [5.74, 6) is 1.82. The van der Waals surface area contributed by atoms with Crippen LogP contribution in [0.5, 0.6) is 0 Å². The molecule has 0 radical (unpaired) electrons. The van der Waals surface area contributed by atoms with Crippen molar-refractivity contribution in [3.05, 3.63) is 72.3 Å². The first kappa shape index (κ1) is 20.9. The van der Waals surface area contributed by atoms with Gasteiger partial charge in [0.2, 0.25) is 0 Å². The summed E-state index contributed by atoms with van der Waals surface area (Å²) in [6.45, 7) is 7.58. The van der Waals surface area contributed by atoms with Crippen LogP contribution in [0.15, 0.2) is 61.2 Å². The minimum Gasteiger partial charge on any atom is -0.377 e. The lowest BCUT2D eigenvalue weighted by atomic mass is 9.78. The molecule has 150 valence electrons. The maximum atomic E-state index is 5.62. The number of rotatable bonds is 10. The van der Waals surface area contributed by atoms with Crippen LogP contribution >= 0.6 is 0 Å². The number of allylic oxidation sites excluding steroid dienone is 1. The molecule has 0 unspecified atom stereocenters. The molecule has 1 fully saturated rings. The molecule has 0 spiro atoms. The van der Waals surface area contributed by atoms with Crippen molar-refractivity contribution in [1.29, 1.82) is 0 Å². The van der Waals surface area contributed by atoms with Crippen molar-refractivity contribution in [3.63, 3.8) is 0 Å². The summed E-state index contributed by atoms with van der Waals surface area (Å²) in [5.41, 5.74) is 5.30. The second-order valence-electron chi connectivity index (χ2n) is 8.40. The van der Waals surface area contributed by atoms with Gasteiger partial charge >= 0.3 is 0 Å². The maximum absolute atomic E-state index is 5.62. The second-order valence-corrected chi connectivity index (χ2v) is 8.40. The molecule has 2 aromatic carbocycles. The first-order valence-electron chi connectivity index (χ1n) is 11.2. The lowest BCUT2D eigenvalue weighted by Gasteiger charge is -2.27. The van der Waals surface area contributed by atoms with Gasteiger partial charge in [0.15, 0.2) is 0 Å². The van der Waals surface area contributed by atoms with Crippen LogP contribution in [0.3, 0.4) is 0 Å². The van der Waals surface area contributed by atoms with Crippen LogP contribution < -0.4 is 0 Å². The van der Waals surface area contributed by atoms with Crippen LogP contribution in [0.2, 0.25) is 0 Å². The largest absolute Gasteiger partial charge is 0.377 e. The zero-order chi connectivity index (χ0) is 19.6. The smallest absolute Gasteiger partial charge is 0.0716 e. The quantitative estimate of drug-likeness (QED) is 0.306. The molecule has 1 nitrogen and oxygen atoms in total. The molecule has 1 heteroatoms. The Hall–Kier alpha value is -1.86. The molecule has 0 bridgehead atoms. The molecule has 0 N–H and O–H groups in total. The van der Waals surface area contributed by atoms with Crippen molar-refractivity contribution in [2.45, 2.75) is 64.9 Å². The lowest BCUT2D eigenvalue weighted by Crippen LogP contribution is -2.14. The molecular weight excluding hydrogens is 340 g/mol. The van der Waals surface area contributed by atoms with Crippen molar-refractivity contribution in [2.24, 2.45) is 11.8 Å². The monoisotopic (exact) mass is 376 g/mol. The SMILES string of the molecule is C=CCC1CCC(CCc2ccc(-c3ccc(COCCC)cc3)cc2)CC1. The highest BCUT2D eigenvalue weighted by Gasteiger charge is 2.19. The topological polar surface area (TPSA) is 9.23 Å². The molecule has 0 aliphatic heterocycles. The van der Waals surface area contributed by atoms with Crippen LogP contribution in [0.25, 0.3) is 11.1 Å². The zero-order valence-electron chi connectivity index (χ0n) is 17.5. The van der Waals surface area contributed by atoms with Gasteiger partial charge in [-0.15, -0.1) is 6.58 Å². The van der Waals surface area contributed by atoms with E-state index in [9.17, 15) is 0 Å². The molecule has 0 amide bonds. The van der Waals surface area contributed by atoms with Crippen molar-refractivity contribution in [2.75, 3.05) is 6.61 Å². The minimum atomic E-state index is 0.711. The third kappa shape index (κ3) is 6.34. The Morgan fingerprint density at radius 3 is 2.00 bits per heavy atom. The molecule has 0 aromatic heterocycles. The van der Waals surface area contributed by atoms with E-state index in [0.717, 1.165) is 24.9 Å². The van der Waals surface area contributed by atoms with Gasteiger partial charge in [-0.2, -0.15) is 0 Å². The fourth-order valence-electron chi connectivity index (χ4n) is 4.35. The van der Waals surface area contributed by atoms with E-state index >= 15 is 0 Å². The average molecular weight is 377 g/mol. The lowest BCUT2D eigenvalue weighted by molar-refractivity contribution is 0.121. The van der Waals surface area contributed by atoms with E-state index in [2.05, 4.69) is 68.1 Å². The summed E-state index contributed by atoms with van der Waals surface area (Å²) in [7, 11) is 0. The summed E-state index contributed by atoms with van der Waals surface area (Å²) in [4.78, 5) is 0. The highest BCUT2D eigenvalue weighted by Crippen LogP contribution is 2.33. The molecule has 28 heavy (non-hydrogen) atoms. The van der Waals surface area contributed by atoms with Crippen LogP contribution in [-0.2, 0) is 17.8 Å². The fourth-order valence-corrected chi connectivity index (χ4v) is 4.35. The van der Waals surface area contributed by atoms with Gasteiger partial charge in [-0.05, 0) is 72.6 Å². The van der Waals surface area contributed by atoms with E-state index in [4.69, 9.17) is 4.74 Å². The van der Waals surface area contributed by atoms with E-state index < -0.39 is 0 Å². The van der Waals surface area contributed by atoms with Gasteiger partial charge in [0.1, 0.15) is 0 Å². The summed E-state index contributed by atoms with van der Waals surface area (Å²) >= 11 is 0. The number of ether oxygens (including phenoxy) is 1. The molecule has 0 saturated heterocycles. The van der Waals surface area contributed by atoms with Gasteiger partial charge < -0.3 is 4.74 Å². The first-order chi connectivity index (χ1) is 13.8. The van der Waals surface area contributed by atoms with E-state index in [0.29, 0.717) is 6.61 Å². The van der Waals surface area contributed by atoms with Crippen LogP contribution in [0.1, 0.15) is 63.0 Å². The Labute approximate surface area is 171 Å². The molecule has 0 atom stereocenters. The highest BCUT2D eigenvalue weighted by molar-refractivity contribution is 5.63. The Morgan fingerprint density at radius 1 is 0.857 bits per heavy atom. The summed E-state index contributed by atoms with van der Waals surface area (Å²) in [6, 6.07) is 18.0. The van der Waals surface area contributed by atoms with Crippen molar-refractivity contribution < 1.29 is 4.74 Å². The Kier molecular flexibility index (Phi) is 8.36. The zero-order valence-corrected chi connectivity index (χ0v) is 17.5. The van der Waals surface area contributed by atoms with Crippen LogP contribution in [0, 0.1) is 11.8 Å². The molecule has 1 aliphatic carbocycles. The normalized spacial score (nSPS) is 19.5. The Balaban J connectivity index is 1.46. The maximum Gasteiger partial charge on any atom is 0.0716 e. The molecular formula is C27H36O. The second kappa shape index (κ2) is 11.2. The van der Waals surface area contributed by atoms with Crippen molar-refractivity contribution in [1.82, 2.24) is 0 Å². The van der Waals surface area contributed by atoms with Gasteiger partial charge in [-0.1, -0.05) is 74.4 Å². The van der Waals surface area contributed by atoms with Gasteiger partial charge in [0, 0.05) is 6.61 Å². The Morgan fingerprint density at radius 2 is 1.43 bits per heavy atom. The van der Waals surface area contributed by atoms with Crippen molar-refractivity contribution in [3.8, 4) is 11.1 Å². The third-order valence-electron chi connectivity index (χ3n) is 6.17. The van der Waals surface area contributed by atoms with Gasteiger partial charge in [0.25, 0.3) is 0 Å². The van der Waals surface area contributed by atoms with E-state index in [-0.39, 0.29) is 0 Å². The summed E-state index contributed by atoms with van der Waals surface area (Å²) < 4.78 is 5.62. The molecule has 1 saturated carbocycles. The number of hydrogen-bond acceptors (Lipinski definition) is 1. The number of benzene rings is 2. The number of hydrogen-bond donors (Lipinski definition) is 0. The highest BCUT2D eigenvalue weighted by atomic mass is 16.5. The van der Waals surface area contributed by atoms with Crippen molar-refractivity contribution >= 4 is 0 Å². The molecule has 3 rings (SSSR count). The average Bonchev–Trinajstić information content (AvgIpc) is 2.75. The Bertz CT molecular complexity index is 690. The molecule has 2 aromatic rings. The predicted octanol–water partition coefficient (Wildman–Crippen LogP) is 7.60. The fraction of sp³-hybridized carbons (Fsp3) is 0.481. The van der Waals surface area contributed by atoms with Crippen LogP contribution in [-0.4, -0.2) is 6.61 Å². The van der Waals surface area contributed by atoms with E-state index in [1.54, 1.807) is 0 Å². The summed E-state index contributed by atoms with van der Waals surface area (Å²) in [6.07, 6.45) is 12.5. The number of aryl methyl sites for hydroxylation is 1. The molecule has 0 heterocycles. The minimum absolute atomic E-state index is 0.711. The first-order valence-corrected chi connectivity index (χ1v) is 11.2.